The minimum atomic E-state index is 0.870. The van der Waals surface area contributed by atoms with Crippen LogP contribution in [0.1, 0.15) is 117 Å². The second-order valence-electron chi connectivity index (χ2n) is 6.88. The summed E-state index contributed by atoms with van der Waals surface area (Å²) in [7, 11) is 0. The molecule has 0 saturated carbocycles. The van der Waals surface area contributed by atoms with Crippen LogP contribution in [0.2, 0.25) is 0 Å². The Kier molecular flexibility index (Phi) is 18.0. The Hall–Kier alpha value is -0.0400. The maximum atomic E-state index is 5.57. The van der Waals surface area contributed by atoms with Crippen molar-refractivity contribution >= 4 is 0 Å². The van der Waals surface area contributed by atoms with Crippen molar-refractivity contribution in [2.75, 3.05) is 6.54 Å². The van der Waals surface area contributed by atoms with Gasteiger partial charge in [0.15, 0.2) is 0 Å². The summed E-state index contributed by atoms with van der Waals surface area (Å²) in [5, 5.41) is 0. The van der Waals surface area contributed by atoms with Crippen LogP contribution in [0.4, 0.5) is 0 Å². The van der Waals surface area contributed by atoms with E-state index in [0.29, 0.717) is 0 Å². The number of nitrogens with two attached hydrogens (primary N) is 1. The topological polar surface area (TPSA) is 26.0 Å². The number of rotatable bonds is 17. The molecule has 0 rings (SSSR count). The van der Waals surface area contributed by atoms with E-state index in [1.807, 2.05) is 0 Å². The Morgan fingerprint density at radius 2 is 1.00 bits per heavy atom. The lowest BCUT2D eigenvalue weighted by Gasteiger charge is -2.14. The van der Waals surface area contributed by atoms with Gasteiger partial charge in [0.05, 0.1) is 0 Å². The second kappa shape index (κ2) is 18.0. The molecule has 0 radical (unpaired) electrons. The molecule has 1 unspecified atom stereocenters. The molecule has 0 bridgehead atoms. The first kappa shape index (κ1) is 21.0. The maximum Gasteiger partial charge on any atom is -0.00773 e. The van der Waals surface area contributed by atoms with Gasteiger partial charge in [-0.05, 0) is 18.9 Å². The van der Waals surface area contributed by atoms with Crippen LogP contribution in [0.25, 0.3) is 0 Å². The summed E-state index contributed by atoms with van der Waals surface area (Å²) in [6, 6.07) is 0. The molecule has 0 heterocycles. The summed E-state index contributed by atoms with van der Waals surface area (Å²) in [5.74, 6) is 0.968. The van der Waals surface area contributed by atoms with Crippen LogP contribution >= 0.6 is 0 Å². The predicted molar refractivity (Wildman–Crippen MR) is 97.8 cm³/mol. The highest BCUT2D eigenvalue weighted by molar-refractivity contribution is 4.59. The fraction of sp³-hybridized carbons (Fsp3) is 1.00. The lowest BCUT2D eigenvalue weighted by atomic mass is 9.93. The zero-order valence-electron chi connectivity index (χ0n) is 15.2. The van der Waals surface area contributed by atoms with E-state index in [9.17, 15) is 0 Å². The first-order valence-electron chi connectivity index (χ1n) is 10.0. The molecule has 0 spiro atoms. The lowest BCUT2D eigenvalue weighted by molar-refractivity contribution is 0.397. The molecule has 2 N–H and O–H groups in total. The van der Waals surface area contributed by atoms with Gasteiger partial charge in [-0.15, -0.1) is 0 Å². The molecule has 1 nitrogen and oxygen atoms in total. The zero-order chi connectivity index (χ0) is 15.6. The van der Waals surface area contributed by atoms with Crippen molar-refractivity contribution in [3.8, 4) is 0 Å². The second-order valence-corrected chi connectivity index (χ2v) is 6.88. The quantitative estimate of drug-likeness (QED) is 0.292. The van der Waals surface area contributed by atoms with Gasteiger partial charge in [0.1, 0.15) is 0 Å². The number of hydrogen-bond acceptors (Lipinski definition) is 1. The van der Waals surface area contributed by atoms with Gasteiger partial charge in [-0.1, -0.05) is 110 Å². The van der Waals surface area contributed by atoms with E-state index in [1.165, 1.54) is 103 Å². The predicted octanol–water partition coefficient (Wildman–Crippen LogP) is 6.84. The minimum absolute atomic E-state index is 0.870. The monoisotopic (exact) mass is 297 g/mol. The van der Waals surface area contributed by atoms with E-state index in [4.69, 9.17) is 5.73 Å². The van der Waals surface area contributed by atoms with Crippen molar-refractivity contribution in [1.29, 1.82) is 0 Å². The van der Waals surface area contributed by atoms with Crippen molar-refractivity contribution in [3.63, 3.8) is 0 Å². The molecule has 0 aliphatic rings. The molecule has 0 aliphatic heterocycles. The van der Waals surface area contributed by atoms with Gasteiger partial charge >= 0.3 is 0 Å². The van der Waals surface area contributed by atoms with E-state index in [0.717, 1.165) is 12.5 Å². The van der Waals surface area contributed by atoms with E-state index in [2.05, 4.69) is 13.8 Å². The average molecular weight is 298 g/mol. The summed E-state index contributed by atoms with van der Waals surface area (Å²) in [4.78, 5) is 0. The maximum absolute atomic E-state index is 5.57. The van der Waals surface area contributed by atoms with Gasteiger partial charge in [0.2, 0.25) is 0 Å². The Morgan fingerprint density at radius 3 is 1.43 bits per heavy atom. The van der Waals surface area contributed by atoms with Gasteiger partial charge in [-0.25, -0.2) is 0 Å². The fourth-order valence-corrected chi connectivity index (χ4v) is 3.23. The molecule has 0 aromatic heterocycles. The Morgan fingerprint density at radius 1 is 0.571 bits per heavy atom. The molecule has 1 atom stereocenters. The minimum Gasteiger partial charge on any atom is -0.330 e. The van der Waals surface area contributed by atoms with Gasteiger partial charge in [0.25, 0.3) is 0 Å². The standard InChI is InChI=1S/C20H43N/c1-3-5-6-7-8-9-10-11-12-13-14-17-20(4-2)18-15-16-19-21/h20H,3-19,21H2,1-2H3. The summed E-state index contributed by atoms with van der Waals surface area (Å²) < 4.78 is 0. The molecular weight excluding hydrogens is 254 g/mol. The molecule has 128 valence electrons. The molecule has 0 amide bonds. The first-order chi connectivity index (χ1) is 10.3. The van der Waals surface area contributed by atoms with Crippen LogP contribution in [-0.4, -0.2) is 6.54 Å². The third kappa shape index (κ3) is 16.2. The Labute approximate surface area is 135 Å². The highest BCUT2D eigenvalue weighted by Gasteiger charge is 2.05. The lowest BCUT2D eigenvalue weighted by Crippen LogP contribution is -2.02. The molecule has 0 aromatic rings. The highest BCUT2D eigenvalue weighted by atomic mass is 14.5. The van der Waals surface area contributed by atoms with Crippen LogP contribution in [0.5, 0.6) is 0 Å². The normalized spacial score (nSPS) is 12.7. The molecule has 1 heteroatoms. The van der Waals surface area contributed by atoms with Gasteiger partial charge < -0.3 is 5.73 Å². The summed E-state index contributed by atoms with van der Waals surface area (Å²) in [5.41, 5.74) is 5.57. The molecule has 0 fully saturated rings. The van der Waals surface area contributed by atoms with Crippen molar-refractivity contribution in [1.82, 2.24) is 0 Å². The third-order valence-corrected chi connectivity index (χ3v) is 4.86. The first-order valence-corrected chi connectivity index (χ1v) is 10.0. The Bertz CT molecular complexity index is 179. The van der Waals surface area contributed by atoms with Crippen molar-refractivity contribution in [2.24, 2.45) is 11.7 Å². The number of hydrogen-bond donors (Lipinski definition) is 1. The van der Waals surface area contributed by atoms with E-state index >= 15 is 0 Å². The van der Waals surface area contributed by atoms with Crippen LogP contribution < -0.4 is 5.73 Å². The largest absolute Gasteiger partial charge is 0.330 e. The van der Waals surface area contributed by atoms with Crippen LogP contribution in [0, 0.1) is 5.92 Å². The molecule has 21 heavy (non-hydrogen) atoms. The van der Waals surface area contributed by atoms with Crippen LogP contribution in [0.3, 0.4) is 0 Å². The summed E-state index contributed by atoms with van der Waals surface area (Å²) >= 11 is 0. The van der Waals surface area contributed by atoms with Gasteiger partial charge in [-0.2, -0.15) is 0 Å². The molecular formula is C20H43N. The highest BCUT2D eigenvalue weighted by Crippen LogP contribution is 2.20. The van der Waals surface area contributed by atoms with E-state index in [1.54, 1.807) is 0 Å². The van der Waals surface area contributed by atoms with E-state index in [-0.39, 0.29) is 0 Å². The zero-order valence-corrected chi connectivity index (χ0v) is 15.2. The van der Waals surface area contributed by atoms with Crippen molar-refractivity contribution in [2.45, 2.75) is 117 Å². The van der Waals surface area contributed by atoms with Crippen molar-refractivity contribution in [3.05, 3.63) is 0 Å². The van der Waals surface area contributed by atoms with Crippen LogP contribution in [0.15, 0.2) is 0 Å². The summed E-state index contributed by atoms with van der Waals surface area (Å²) in [6.45, 7) is 5.52. The average Bonchev–Trinajstić information content (AvgIpc) is 2.51. The molecule has 0 saturated heterocycles. The smallest absolute Gasteiger partial charge is 0.00773 e. The van der Waals surface area contributed by atoms with Gasteiger partial charge in [-0.3, -0.25) is 0 Å². The SMILES string of the molecule is CCCCCCCCCCCCCC(CC)CCCCN. The summed E-state index contributed by atoms with van der Waals surface area (Å²) in [6.07, 6.45) is 22.8. The van der Waals surface area contributed by atoms with Crippen LogP contribution in [-0.2, 0) is 0 Å². The third-order valence-electron chi connectivity index (χ3n) is 4.86. The Balaban J connectivity index is 3.19. The molecule has 0 aliphatic carbocycles. The number of unbranched alkanes of at least 4 members (excludes halogenated alkanes) is 11. The van der Waals surface area contributed by atoms with Crippen molar-refractivity contribution < 1.29 is 0 Å². The van der Waals surface area contributed by atoms with Gasteiger partial charge in [0, 0.05) is 0 Å². The van der Waals surface area contributed by atoms with E-state index < -0.39 is 0 Å². The fourth-order valence-electron chi connectivity index (χ4n) is 3.23. The molecule has 0 aromatic carbocycles.